The predicted molar refractivity (Wildman–Crippen MR) is 110 cm³/mol. The van der Waals surface area contributed by atoms with Crippen LogP contribution in [-0.2, 0) is 20.9 Å². The summed E-state index contributed by atoms with van der Waals surface area (Å²) < 4.78 is 11.7. The number of carbonyl (C=O) groups excluding carboxylic acids is 2. The number of rotatable bonds is 6. The zero-order valence-electron chi connectivity index (χ0n) is 16.5. The van der Waals surface area contributed by atoms with E-state index < -0.39 is 17.4 Å². The molecule has 5 rings (SSSR count). The van der Waals surface area contributed by atoms with Crippen molar-refractivity contribution in [3.8, 4) is 11.5 Å². The second-order valence-electron chi connectivity index (χ2n) is 8.04. The summed E-state index contributed by atoms with van der Waals surface area (Å²) in [6.07, 6.45) is 2.98. The molecule has 2 aromatic rings. The van der Waals surface area contributed by atoms with Crippen LogP contribution in [0.5, 0.6) is 0 Å². The third-order valence-corrected chi connectivity index (χ3v) is 6.32. The lowest BCUT2D eigenvalue weighted by molar-refractivity contribution is -0.138. The van der Waals surface area contributed by atoms with Crippen LogP contribution in [0.15, 0.2) is 41.0 Å². The Morgan fingerprint density at radius 2 is 2.13 bits per heavy atom. The second-order valence-corrected chi connectivity index (χ2v) is 8.04. The van der Waals surface area contributed by atoms with E-state index in [0.717, 1.165) is 18.4 Å². The summed E-state index contributed by atoms with van der Waals surface area (Å²) >= 11 is 0. The Bertz CT molecular complexity index is 936. The van der Waals surface area contributed by atoms with Gasteiger partial charge in [-0.2, -0.15) is 0 Å². The Morgan fingerprint density at radius 3 is 2.90 bits per heavy atom. The molecular weight excluding hydrogens is 408 g/mol. The lowest BCUT2D eigenvalue weighted by atomic mass is 9.73. The maximum atomic E-state index is 13.0. The van der Waals surface area contributed by atoms with Gasteiger partial charge in [0.2, 0.25) is 17.7 Å². The summed E-state index contributed by atoms with van der Waals surface area (Å²) in [6.45, 7) is 1.70. The molecule has 3 N–H and O–H groups in total. The molecule has 1 aromatic carbocycles. The fraction of sp³-hybridized carbons (Fsp3) is 0.476. The van der Waals surface area contributed by atoms with Gasteiger partial charge >= 0.3 is 0 Å². The van der Waals surface area contributed by atoms with Gasteiger partial charge in [-0.3, -0.25) is 9.59 Å². The largest absolute Gasteiger partial charge is 0.444 e. The van der Waals surface area contributed by atoms with Crippen molar-refractivity contribution in [3.63, 3.8) is 0 Å². The number of fused-ring (bicyclic) bond motifs is 1. The van der Waals surface area contributed by atoms with Gasteiger partial charge in [0.1, 0.15) is 6.26 Å². The van der Waals surface area contributed by atoms with Crippen LogP contribution in [0, 0.1) is 11.8 Å². The number of likely N-dealkylation sites (tertiary alicyclic amines) is 1. The molecule has 2 amide bonds. The molecule has 4 atom stereocenters. The molecule has 2 bridgehead atoms. The zero-order valence-corrected chi connectivity index (χ0v) is 17.3. The molecule has 4 heterocycles. The molecule has 8 nitrogen and oxygen atoms in total. The van der Waals surface area contributed by atoms with Gasteiger partial charge in [-0.15, -0.1) is 12.4 Å². The van der Waals surface area contributed by atoms with Crippen LogP contribution in [0.3, 0.4) is 0 Å². The quantitative estimate of drug-likeness (QED) is 0.712. The highest BCUT2D eigenvalue weighted by Gasteiger charge is 2.68. The fourth-order valence-electron chi connectivity index (χ4n) is 5.08. The number of benzene rings is 1. The third-order valence-electron chi connectivity index (χ3n) is 6.32. The molecule has 1 aromatic heterocycles. The highest BCUT2D eigenvalue weighted by Crippen LogP contribution is 2.55. The number of nitrogens with zero attached hydrogens (tertiary/aromatic N) is 2. The van der Waals surface area contributed by atoms with Crippen molar-refractivity contribution < 1.29 is 18.7 Å². The van der Waals surface area contributed by atoms with Crippen LogP contribution in [0.25, 0.3) is 11.5 Å². The van der Waals surface area contributed by atoms with Crippen molar-refractivity contribution in [2.24, 2.45) is 17.6 Å². The van der Waals surface area contributed by atoms with Crippen LogP contribution >= 0.6 is 12.4 Å². The van der Waals surface area contributed by atoms with Crippen molar-refractivity contribution in [3.05, 3.63) is 42.3 Å². The van der Waals surface area contributed by atoms with E-state index in [9.17, 15) is 9.59 Å². The minimum absolute atomic E-state index is 0. The van der Waals surface area contributed by atoms with Crippen LogP contribution in [0.1, 0.15) is 18.5 Å². The van der Waals surface area contributed by atoms with E-state index in [4.69, 9.17) is 14.9 Å². The summed E-state index contributed by atoms with van der Waals surface area (Å²) in [4.78, 5) is 32.1. The van der Waals surface area contributed by atoms with E-state index in [1.165, 1.54) is 0 Å². The van der Waals surface area contributed by atoms with E-state index in [-0.39, 0.29) is 36.9 Å². The Balaban J connectivity index is 0.00000218. The molecule has 0 aliphatic carbocycles. The minimum atomic E-state index is -0.521. The van der Waals surface area contributed by atoms with E-state index >= 15 is 0 Å². The lowest BCUT2D eigenvalue weighted by Crippen LogP contribution is -2.45. The fourth-order valence-corrected chi connectivity index (χ4v) is 5.08. The number of hydrogen-bond acceptors (Lipinski definition) is 6. The number of aromatic nitrogens is 1. The Kier molecular flexibility index (Phi) is 5.57. The molecule has 1 spiro atoms. The third kappa shape index (κ3) is 3.29. The van der Waals surface area contributed by atoms with Gasteiger partial charge in [0.15, 0.2) is 0 Å². The standard InChI is InChI=1S/C21H24N4O4.ClH/c22-8-9-25-12-21-7-6-15(29-21)16(17(21)20(25)27)18(26)23-10-14-11-28-19(24-14)13-4-2-1-3-5-13;/h1-5,11,15-17H,6-10,12,22H2,(H,23,26);1H/t15-,16-,17+,21-;/m0./s1. The average molecular weight is 433 g/mol. The zero-order chi connectivity index (χ0) is 20.0. The monoisotopic (exact) mass is 432 g/mol. The first-order valence-electron chi connectivity index (χ1n) is 10.1. The van der Waals surface area contributed by atoms with Crippen LogP contribution in [-0.4, -0.2) is 53.0 Å². The Morgan fingerprint density at radius 1 is 1.33 bits per heavy atom. The van der Waals surface area contributed by atoms with Gasteiger partial charge in [0.25, 0.3) is 0 Å². The SMILES string of the molecule is Cl.NCCN1C[C@]23CC[C@H](O2)[C@H](C(=O)NCc2coc(-c4ccccc4)n2)[C@@H]3C1=O. The van der Waals surface area contributed by atoms with Gasteiger partial charge in [-0.1, -0.05) is 18.2 Å². The summed E-state index contributed by atoms with van der Waals surface area (Å²) in [5.41, 5.74) is 6.63. The maximum absolute atomic E-state index is 13.0. The summed E-state index contributed by atoms with van der Waals surface area (Å²) in [6, 6.07) is 9.59. The smallest absolute Gasteiger partial charge is 0.229 e. The predicted octanol–water partition coefficient (Wildman–Crippen LogP) is 1.34. The molecule has 0 unspecified atom stereocenters. The second kappa shape index (κ2) is 8.02. The number of halogens is 1. The number of nitrogens with one attached hydrogen (secondary N) is 1. The van der Waals surface area contributed by atoms with E-state index in [0.29, 0.717) is 31.2 Å². The first-order chi connectivity index (χ1) is 14.1. The first kappa shape index (κ1) is 20.8. The first-order valence-corrected chi connectivity index (χ1v) is 10.1. The van der Waals surface area contributed by atoms with Crippen molar-refractivity contribution >= 4 is 24.2 Å². The number of nitrogens with two attached hydrogens (primary N) is 1. The molecule has 160 valence electrons. The van der Waals surface area contributed by atoms with E-state index in [1.807, 2.05) is 30.3 Å². The molecule has 9 heteroatoms. The molecule has 0 radical (unpaired) electrons. The van der Waals surface area contributed by atoms with Crippen molar-refractivity contribution in [1.29, 1.82) is 0 Å². The number of carbonyl (C=O) groups is 2. The molecule has 30 heavy (non-hydrogen) atoms. The Hall–Kier alpha value is -2.42. The molecule has 3 aliphatic heterocycles. The normalized spacial score (nSPS) is 29.0. The Labute approximate surface area is 180 Å². The summed E-state index contributed by atoms with van der Waals surface area (Å²) in [5, 5.41) is 2.93. The minimum Gasteiger partial charge on any atom is -0.444 e. The molecule has 3 aliphatic rings. The van der Waals surface area contributed by atoms with Gasteiger partial charge in [0.05, 0.1) is 42.3 Å². The van der Waals surface area contributed by atoms with Crippen molar-refractivity contribution in [2.45, 2.75) is 31.1 Å². The highest BCUT2D eigenvalue weighted by molar-refractivity contribution is 5.92. The van der Waals surface area contributed by atoms with Gasteiger partial charge in [0, 0.05) is 18.7 Å². The van der Waals surface area contributed by atoms with Crippen LogP contribution < -0.4 is 11.1 Å². The van der Waals surface area contributed by atoms with Gasteiger partial charge in [-0.25, -0.2) is 4.98 Å². The number of amides is 2. The maximum Gasteiger partial charge on any atom is 0.229 e. The van der Waals surface area contributed by atoms with Crippen LogP contribution in [0.4, 0.5) is 0 Å². The van der Waals surface area contributed by atoms with Gasteiger partial charge in [-0.05, 0) is 25.0 Å². The number of hydrogen-bond donors (Lipinski definition) is 2. The van der Waals surface area contributed by atoms with Crippen LogP contribution in [0.2, 0.25) is 0 Å². The molecule has 3 fully saturated rings. The van der Waals surface area contributed by atoms with E-state index in [1.54, 1.807) is 11.2 Å². The van der Waals surface area contributed by atoms with Crippen molar-refractivity contribution in [1.82, 2.24) is 15.2 Å². The summed E-state index contributed by atoms with van der Waals surface area (Å²) in [5.74, 6) is -0.524. The number of oxazole rings is 1. The summed E-state index contributed by atoms with van der Waals surface area (Å²) in [7, 11) is 0. The number of ether oxygens (including phenoxy) is 1. The van der Waals surface area contributed by atoms with Gasteiger partial charge < -0.3 is 25.1 Å². The molecular formula is C21H25ClN4O4. The molecule has 0 saturated carbocycles. The highest BCUT2D eigenvalue weighted by atomic mass is 35.5. The molecule has 3 saturated heterocycles. The van der Waals surface area contributed by atoms with E-state index in [2.05, 4.69) is 10.3 Å². The topological polar surface area (TPSA) is 111 Å². The lowest BCUT2D eigenvalue weighted by Gasteiger charge is -2.26. The van der Waals surface area contributed by atoms with Crippen molar-refractivity contribution in [2.75, 3.05) is 19.6 Å². The average Bonchev–Trinajstić information content (AvgIpc) is 3.49.